The lowest BCUT2D eigenvalue weighted by molar-refractivity contribution is 0.447. The third kappa shape index (κ3) is 1.73. The maximum Gasteiger partial charge on any atom is 0.170 e. The SMILES string of the molecule is CCCc1c(C(C)C)ccc2c(C)noc12. The van der Waals surface area contributed by atoms with Crippen LogP contribution in [0, 0.1) is 6.92 Å². The van der Waals surface area contributed by atoms with Crippen LogP contribution in [0.4, 0.5) is 0 Å². The topological polar surface area (TPSA) is 26.0 Å². The van der Waals surface area contributed by atoms with E-state index in [1.54, 1.807) is 0 Å². The number of nitrogens with zero attached hydrogens (tertiary/aromatic N) is 1. The molecule has 0 aliphatic carbocycles. The first-order valence-corrected chi connectivity index (χ1v) is 6.03. The Kier molecular flexibility index (Phi) is 2.99. The van der Waals surface area contributed by atoms with Crippen molar-refractivity contribution in [3.8, 4) is 0 Å². The summed E-state index contributed by atoms with van der Waals surface area (Å²) in [6.07, 6.45) is 2.21. The van der Waals surface area contributed by atoms with Crippen LogP contribution in [0.5, 0.6) is 0 Å². The van der Waals surface area contributed by atoms with Crippen molar-refractivity contribution in [1.82, 2.24) is 5.16 Å². The Labute approximate surface area is 96.6 Å². The molecule has 0 fully saturated rings. The Bertz CT molecular complexity index is 497. The third-order valence-corrected chi connectivity index (χ3v) is 3.08. The van der Waals surface area contributed by atoms with Crippen LogP contribution in [0.2, 0.25) is 0 Å². The molecule has 0 unspecified atom stereocenters. The van der Waals surface area contributed by atoms with Gasteiger partial charge >= 0.3 is 0 Å². The molecular weight excluding hydrogens is 198 g/mol. The average molecular weight is 217 g/mol. The molecule has 0 radical (unpaired) electrons. The smallest absolute Gasteiger partial charge is 0.170 e. The van der Waals surface area contributed by atoms with Crippen molar-refractivity contribution in [2.24, 2.45) is 0 Å². The Balaban J connectivity index is 2.69. The summed E-state index contributed by atoms with van der Waals surface area (Å²) in [7, 11) is 0. The van der Waals surface area contributed by atoms with Crippen LogP contribution < -0.4 is 0 Å². The Hall–Kier alpha value is -1.31. The van der Waals surface area contributed by atoms with Crippen LogP contribution in [0.25, 0.3) is 11.0 Å². The second-order valence-electron chi connectivity index (χ2n) is 4.68. The van der Waals surface area contributed by atoms with Gasteiger partial charge in [-0.25, -0.2) is 0 Å². The first kappa shape index (κ1) is 11.2. The van der Waals surface area contributed by atoms with Gasteiger partial charge in [0.15, 0.2) is 5.58 Å². The Morgan fingerprint density at radius 1 is 1.31 bits per heavy atom. The molecule has 0 bridgehead atoms. The highest BCUT2D eigenvalue weighted by atomic mass is 16.5. The number of hydrogen-bond donors (Lipinski definition) is 0. The minimum Gasteiger partial charge on any atom is -0.356 e. The summed E-state index contributed by atoms with van der Waals surface area (Å²) in [5.41, 5.74) is 4.72. The lowest BCUT2D eigenvalue weighted by atomic mass is 9.93. The second kappa shape index (κ2) is 4.28. The molecule has 0 aliphatic heterocycles. The van der Waals surface area contributed by atoms with E-state index in [9.17, 15) is 0 Å². The summed E-state index contributed by atoms with van der Waals surface area (Å²) in [6, 6.07) is 4.36. The van der Waals surface area contributed by atoms with E-state index in [1.165, 1.54) is 11.1 Å². The predicted octanol–water partition coefficient (Wildman–Crippen LogP) is 4.21. The van der Waals surface area contributed by atoms with Crippen molar-refractivity contribution in [2.75, 3.05) is 0 Å². The molecule has 1 aromatic heterocycles. The molecule has 0 atom stereocenters. The van der Waals surface area contributed by atoms with E-state index < -0.39 is 0 Å². The minimum atomic E-state index is 0.538. The van der Waals surface area contributed by atoms with E-state index in [-0.39, 0.29) is 0 Å². The second-order valence-corrected chi connectivity index (χ2v) is 4.68. The maximum absolute atomic E-state index is 5.47. The van der Waals surface area contributed by atoms with Crippen LogP contribution in [-0.4, -0.2) is 5.16 Å². The van der Waals surface area contributed by atoms with E-state index >= 15 is 0 Å². The number of aromatic nitrogens is 1. The number of hydrogen-bond acceptors (Lipinski definition) is 2. The fourth-order valence-electron chi connectivity index (χ4n) is 2.24. The van der Waals surface area contributed by atoms with Gasteiger partial charge in [0.25, 0.3) is 0 Å². The molecule has 16 heavy (non-hydrogen) atoms. The molecule has 0 N–H and O–H groups in total. The van der Waals surface area contributed by atoms with Crippen molar-refractivity contribution in [2.45, 2.75) is 46.5 Å². The van der Waals surface area contributed by atoms with E-state index in [2.05, 4.69) is 38.1 Å². The van der Waals surface area contributed by atoms with Crippen LogP contribution in [-0.2, 0) is 6.42 Å². The van der Waals surface area contributed by atoms with Gasteiger partial charge in [-0.1, -0.05) is 38.4 Å². The first-order chi connectivity index (χ1) is 7.65. The van der Waals surface area contributed by atoms with E-state index in [4.69, 9.17) is 4.52 Å². The van der Waals surface area contributed by atoms with Gasteiger partial charge in [-0.05, 0) is 30.9 Å². The largest absolute Gasteiger partial charge is 0.356 e. The Morgan fingerprint density at radius 2 is 2.06 bits per heavy atom. The summed E-state index contributed by atoms with van der Waals surface area (Å²) in [5.74, 6) is 0.538. The van der Waals surface area contributed by atoms with Crippen LogP contribution >= 0.6 is 0 Å². The molecule has 2 aromatic rings. The number of rotatable bonds is 3. The molecule has 0 spiro atoms. The molecule has 2 nitrogen and oxygen atoms in total. The monoisotopic (exact) mass is 217 g/mol. The molecular formula is C14H19NO. The summed E-state index contributed by atoms with van der Waals surface area (Å²) >= 11 is 0. The molecule has 86 valence electrons. The van der Waals surface area contributed by atoms with Gasteiger partial charge in [-0.2, -0.15) is 0 Å². The fourth-order valence-corrected chi connectivity index (χ4v) is 2.24. The zero-order valence-corrected chi connectivity index (χ0v) is 10.5. The third-order valence-electron chi connectivity index (χ3n) is 3.08. The van der Waals surface area contributed by atoms with Gasteiger partial charge in [0.2, 0.25) is 0 Å². The van der Waals surface area contributed by atoms with E-state index in [0.29, 0.717) is 5.92 Å². The highest BCUT2D eigenvalue weighted by Crippen LogP contribution is 2.30. The van der Waals surface area contributed by atoms with Gasteiger partial charge in [0.1, 0.15) is 0 Å². The zero-order valence-electron chi connectivity index (χ0n) is 10.5. The molecule has 0 saturated heterocycles. The first-order valence-electron chi connectivity index (χ1n) is 6.03. The maximum atomic E-state index is 5.47. The fraction of sp³-hybridized carbons (Fsp3) is 0.500. The average Bonchev–Trinajstić information content (AvgIpc) is 2.61. The number of aryl methyl sites for hydroxylation is 2. The zero-order chi connectivity index (χ0) is 11.7. The van der Waals surface area contributed by atoms with Crippen molar-refractivity contribution < 1.29 is 4.52 Å². The molecule has 0 saturated carbocycles. The van der Waals surface area contributed by atoms with Gasteiger partial charge in [-0.15, -0.1) is 0 Å². The predicted molar refractivity (Wildman–Crippen MR) is 66.8 cm³/mol. The normalized spacial score (nSPS) is 11.6. The van der Waals surface area contributed by atoms with Crippen molar-refractivity contribution in [1.29, 1.82) is 0 Å². The molecule has 2 rings (SSSR count). The Morgan fingerprint density at radius 3 is 2.69 bits per heavy atom. The van der Waals surface area contributed by atoms with Crippen LogP contribution in [0.3, 0.4) is 0 Å². The number of fused-ring (bicyclic) bond motifs is 1. The number of benzene rings is 1. The highest BCUT2D eigenvalue weighted by molar-refractivity contribution is 5.83. The molecule has 1 aromatic carbocycles. The molecule has 2 heteroatoms. The standard InChI is InChI=1S/C14H19NO/c1-5-6-13-11(9(2)3)7-8-12-10(4)15-16-14(12)13/h7-9H,5-6H2,1-4H3. The van der Waals surface area contributed by atoms with Crippen LogP contribution in [0.1, 0.15) is 49.9 Å². The molecule has 0 amide bonds. The van der Waals surface area contributed by atoms with Gasteiger partial charge < -0.3 is 4.52 Å². The van der Waals surface area contributed by atoms with Gasteiger partial charge in [0, 0.05) is 10.9 Å². The van der Waals surface area contributed by atoms with E-state index in [1.807, 2.05) is 6.92 Å². The van der Waals surface area contributed by atoms with Gasteiger partial charge in [-0.3, -0.25) is 0 Å². The van der Waals surface area contributed by atoms with Gasteiger partial charge in [0.05, 0.1) is 5.69 Å². The van der Waals surface area contributed by atoms with Crippen molar-refractivity contribution >= 4 is 11.0 Å². The van der Waals surface area contributed by atoms with Crippen LogP contribution in [0.15, 0.2) is 16.7 Å². The summed E-state index contributed by atoms with van der Waals surface area (Å²) in [5, 5.41) is 5.22. The van der Waals surface area contributed by atoms with E-state index in [0.717, 1.165) is 29.5 Å². The lowest BCUT2D eigenvalue weighted by Gasteiger charge is -2.11. The minimum absolute atomic E-state index is 0.538. The summed E-state index contributed by atoms with van der Waals surface area (Å²) in [6.45, 7) is 8.65. The highest BCUT2D eigenvalue weighted by Gasteiger charge is 2.14. The van der Waals surface area contributed by atoms with Crippen molar-refractivity contribution in [3.05, 3.63) is 29.0 Å². The van der Waals surface area contributed by atoms with Crippen molar-refractivity contribution in [3.63, 3.8) is 0 Å². The molecule has 0 aliphatic rings. The molecule has 1 heterocycles. The summed E-state index contributed by atoms with van der Waals surface area (Å²) in [4.78, 5) is 0. The summed E-state index contributed by atoms with van der Waals surface area (Å²) < 4.78 is 5.47. The quantitative estimate of drug-likeness (QED) is 0.769. The lowest BCUT2D eigenvalue weighted by Crippen LogP contribution is -1.96.